The van der Waals surface area contributed by atoms with E-state index in [0.29, 0.717) is 12.0 Å². The molecule has 0 N–H and O–H groups in total. The number of hydrogen-bond donors (Lipinski definition) is 0. The smallest absolute Gasteiger partial charge is 0.166 e. The van der Waals surface area contributed by atoms with E-state index in [-0.39, 0.29) is 11.2 Å². The Morgan fingerprint density at radius 2 is 2.15 bits per heavy atom. The van der Waals surface area contributed by atoms with E-state index >= 15 is 0 Å². The average Bonchev–Trinajstić information content (AvgIpc) is 2.50. The molecule has 1 rings (SSSR count). The third-order valence-corrected chi connectivity index (χ3v) is 1.95. The summed E-state index contributed by atoms with van der Waals surface area (Å²) >= 11 is 0. The fraction of sp³-hybridized carbons (Fsp3) is 0.545. The van der Waals surface area contributed by atoms with Crippen molar-refractivity contribution in [3.63, 3.8) is 0 Å². The van der Waals surface area contributed by atoms with Gasteiger partial charge in [0.25, 0.3) is 0 Å². The van der Waals surface area contributed by atoms with Crippen LogP contribution in [0.25, 0.3) is 0 Å². The second-order valence-corrected chi connectivity index (χ2v) is 4.50. The molecule has 1 aromatic rings. The Bertz CT molecular complexity index is 265. The van der Waals surface area contributed by atoms with Crippen LogP contribution in [0.5, 0.6) is 0 Å². The lowest BCUT2D eigenvalue weighted by atomic mass is 9.89. The van der Waals surface area contributed by atoms with Gasteiger partial charge < -0.3 is 4.42 Å². The van der Waals surface area contributed by atoms with Gasteiger partial charge in [-0.15, -0.1) is 0 Å². The lowest BCUT2D eigenvalue weighted by Gasteiger charge is -2.16. The number of carbonyl (C=O) groups is 1. The van der Waals surface area contributed by atoms with Crippen molar-refractivity contribution in [1.29, 1.82) is 0 Å². The topological polar surface area (TPSA) is 30.2 Å². The second kappa shape index (κ2) is 3.77. The first-order chi connectivity index (χ1) is 5.99. The van der Waals surface area contributed by atoms with E-state index < -0.39 is 0 Å². The van der Waals surface area contributed by atoms with Gasteiger partial charge in [0.15, 0.2) is 5.78 Å². The molecule has 0 aliphatic heterocycles. The highest BCUT2D eigenvalue weighted by atomic mass is 16.3. The van der Waals surface area contributed by atoms with Crippen molar-refractivity contribution in [1.82, 2.24) is 0 Å². The standard InChI is InChI=1S/C11H16O2/c1-11(2,3)6-4-10(12)9-5-7-13-8-9/h5,7-8H,4,6H2,1-3H3. The molecule has 0 aliphatic carbocycles. The van der Waals surface area contributed by atoms with Gasteiger partial charge in [-0.05, 0) is 17.9 Å². The van der Waals surface area contributed by atoms with Crippen LogP contribution in [0, 0.1) is 5.41 Å². The van der Waals surface area contributed by atoms with Crippen LogP contribution in [0.1, 0.15) is 44.0 Å². The van der Waals surface area contributed by atoms with Gasteiger partial charge in [-0.1, -0.05) is 20.8 Å². The molecule has 1 aromatic heterocycles. The summed E-state index contributed by atoms with van der Waals surface area (Å²) in [7, 11) is 0. The average molecular weight is 180 g/mol. The van der Waals surface area contributed by atoms with Crippen molar-refractivity contribution in [3.05, 3.63) is 24.2 Å². The highest BCUT2D eigenvalue weighted by Gasteiger charge is 2.14. The molecule has 0 fully saturated rings. The van der Waals surface area contributed by atoms with E-state index in [1.54, 1.807) is 6.07 Å². The van der Waals surface area contributed by atoms with Crippen molar-refractivity contribution < 1.29 is 9.21 Å². The summed E-state index contributed by atoms with van der Waals surface area (Å²) in [5.41, 5.74) is 0.906. The summed E-state index contributed by atoms with van der Waals surface area (Å²) in [6, 6.07) is 1.71. The van der Waals surface area contributed by atoms with Crippen LogP contribution in [0.2, 0.25) is 0 Å². The van der Waals surface area contributed by atoms with Crippen LogP contribution in [0.4, 0.5) is 0 Å². The van der Waals surface area contributed by atoms with Gasteiger partial charge in [0.05, 0.1) is 11.8 Å². The van der Waals surface area contributed by atoms with Gasteiger partial charge >= 0.3 is 0 Å². The van der Waals surface area contributed by atoms with Crippen LogP contribution in [-0.4, -0.2) is 5.78 Å². The summed E-state index contributed by atoms with van der Waals surface area (Å²) in [5, 5.41) is 0. The van der Waals surface area contributed by atoms with Gasteiger partial charge in [0, 0.05) is 6.42 Å². The van der Waals surface area contributed by atoms with E-state index in [2.05, 4.69) is 20.8 Å². The lowest BCUT2D eigenvalue weighted by molar-refractivity contribution is 0.0965. The summed E-state index contributed by atoms with van der Waals surface area (Å²) in [6.45, 7) is 6.40. The number of ketones is 1. The Labute approximate surface area is 78.9 Å². The highest BCUT2D eigenvalue weighted by Crippen LogP contribution is 2.21. The molecule has 0 aromatic carbocycles. The first-order valence-corrected chi connectivity index (χ1v) is 4.54. The van der Waals surface area contributed by atoms with Crippen LogP contribution in [-0.2, 0) is 0 Å². The van der Waals surface area contributed by atoms with Gasteiger partial charge in [0.2, 0.25) is 0 Å². The van der Waals surface area contributed by atoms with Crippen LogP contribution >= 0.6 is 0 Å². The van der Waals surface area contributed by atoms with E-state index in [1.807, 2.05) is 0 Å². The molecule has 0 aliphatic rings. The maximum atomic E-state index is 11.5. The fourth-order valence-electron chi connectivity index (χ4n) is 1.06. The van der Waals surface area contributed by atoms with Gasteiger partial charge in [0.1, 0.15) is 6.26 Å². The molecule has 0 radical (unpaired) electrons. The van der Waals surface area contributed by atoms with E-state index in [0.717, 1.165) is 6.42 Å². The normalized spacial score (nSPS) is 11.6. The molecule has 72 valence electrons. The predicted octanol–water partition coefficient (Wildman–Crippen LogP) is 3.29. The molecule has 0 atom stereocenters. The summed E-state index contributed by atoms with van der Waals surface area (Å²) in [5.74, 6) is 0.170. The quantitative estimate of drug-likeness (QED) is 0.668. The molecular weight excluding hydrogens is 164 g/mol. The monoisotopic (exact) mass is 180 g/mol. The first kappa shape index (κ1) is 10.0. The van der Waals surface area contributed by atoms with Crippen LogP contribution in [0.15, 0.2) is 23.0 Å². The molecule has 2 heteroatoms. The molecule has 0 bridgehead atoms. The summed E-state index contributed by atoms with van der Waals surface area (Å²) in [4.78, 5) is 11.5. The maximum Gasteiger partial charge on any atom is 0.166 e. The zero-order valence-electron chi connectivity index (χ0n) is 8.46. The minimum Gasteiger partial charge on any atom is -0.472 e. The molecule has 0 saturated carbocycles. The third-order valence-electron chi connectivity index (χ3n) is 1.95. The maximum absolute atomic E-state index is 11.5. The van der Waals surface area contributed by atoms with E-state index in [1.165, 1.54) is 12.5 Å². The number of furan rings is 1. The van der Waals surface area contributed by atoms with Crippen molar-refractivity contribution >= 4 is 5.78 Å². The minimum atomic E-state index is 0.170. The fourth-order valence-corrected chi connectivity index (χ4v) is 1.06. The molecule has 1 heterocycles. The van der Waals surface area contributed by atoms with Crippen LogP contribution < -0.4 is 0 Å². The van der Waals surface area contributed by atoms with Crippen molar-refractivity contribution in [2.45, 2.75) is 33.6 Å². The highest BCUT2D eigenvalue weighted by molar-refractivity contribution is 5.95. The number of Topliss-reactive ketones (excluding diaryl/α,β-unsaturated/α-hetero) is 1. The number of hydrogen-bond acceptors (Lipinski definition) is 2. The van der Waals surface area contributed by atoms with Gasteiger partial charge in [-0.2, -0.15) is 0 Å². The SMILES string of the molecule is CC(C)(C)CCC(=O)c1ccoc1. The number of carbonyl (C=O) groups excluding carboxylic acids is 1. The molecular formula is C11H16O2. The zero-order chi connectivity index (χ0) is 9.90. The zero-order valence-corrected chi connectivity index (χ0v) is 8.46. The summed E-state index contributed by atoms with van der Waals surface area (Å²) in [6.07, 6.45) is 4.55. The first-order valence-electron chi connectivity index (χ1n) is 4.54. The summed E-state index contributed by atoms with van der Waals surface area (Å²) < 4.78 is 4.85. The third kappa shape index (κ3) is 3.45. The van der Waals surface area contributed by atoms with E-state index in [4.69, 9.17) is 4.42 Å². The molecule has 0 spiro atoms. The Balaban J connectivity index is 2.44. The number of rotatable bonds is 3. The van der Waals surface area contributed by atoms with Crippen molar-refractivity contribution in [2.24, 2.45) is 5.41 Å². The largest absolute Gasteiger partial charge is 0.472 e. The Kier molecular flexibility index (Phi) is 2.91. The van der Waals surface area contributed by atoms with Crippen LogP contribution in [0.3, 0.4) is 0 Å². The Morgan fingerprint density at radius 1 is 1.46 bits per heavy atom. The minimum absolute atomic E-state index is 0.170. The van der Waals surface area contributed by atoms with Crippen molar-refractivity contribution in [3.8, 4) is 0 Å². The van der Waals surface area contributed by atoms with Gasteiger partial charge in [-0.25, -0.2) is 0 Å². The Morgan fingerprint density at radius 3 is 2.62 bits per heavy atom. The molecule has 13 heavy (non-hydrogen) atoms. The molecule has 0 saturated heterocycles. The van der Waals surface area contributed by atoms with Gasteiger partial charge in [-0.3, -0.25) is 4.79 Å². The molecule has 2 nitrogen and oxygen atoms in total. The Hall–Kier alpha value is -1.05. The van der Waals surface area contributed by atoms with E-state index in [9.17, 15) is 4.79 Å². The second-order valence-electron chi connectivity index (χ2n) is 4.50. The lowest BCUT2D eigenvalue weighted by Crippen LogP contribution is -2.08. The van der Waals surface area contributed by atoms with Crippen molar-refractivity contribution in [2.75, 3.05) is 0 Å². The molecule has 0 unspecified atom stereocenters. The molecule has 0 amide bonds. The predicted molar refractivity (Wildman–Crippen MR) is 51.7 cm³/mol.